The number of morpholine rings is 1. The van der Waals surface area contributed by atoms with Crippen LogP contribution >= 0.6 is 24.0 Å². The molecule has 22 heavy (non-hydrogen) atoms. The Bertz CT molecular complexity index is 545. The maximum atomic E-state index is 11.6. The van der Waals surface area contributed by atoms with Crippen molar-refractivity contribution in [1.82, 2.24) is 14.8 Å². The second-order valence-electron chi connectivity index (χ2n) is 4.56. The summed E-state index contributed by atoms with van der Waals surface area (Å²) in [5, 5.41) is 3.90. The van der Waals surface area contributed by atoms with Crippen LogP contribution in [-0.4, -0.2) is 63.2 Å². The fourth-order valence-corrected chi connectivity index (χ4v) is 3.12. The Kier molecular flexibility index (Phi) is 5.98. The van der Waals surface area contributed by atoms with E-state index in [0.717, 1.165) is 0 Å². The van der Waals surface area contributed by atoms with Crippen molar-refractivity contribution in [1.29, 1.82) is 0 Å². The van der Waals surface area contributed by atoms with Crippen molar-refractivity contribution in [2.45, 2.75) is 19.1 Å². The Morgan fingerprint density at radius 3 is 2.86 bits per heavy atom. The highest BCUT2D eigenvalue weighted by molar-refractivity contribution is 8.23. The first-order valence-electron chi connectivity index (χ1n) is 6.95. The van der Waals surface area contributed by atoms with Crippen LogP contribution in [-0.2, 0) is 14.3 Å². The second kappa shape index (κ2) is 7.75. The zero-order valence-corrected chi connectivity index (χ0v) is 14.2. The van der Waals surface area contributed by atoms with Gasteiger partial charge in [0.05, 0.1) is 19.8 Å². The number of nitrogens with two attached hydrogens (primary N) is 1. The van der Waals surface area contributed by atoms with E-state index < -0.39 is 5.25 Å². The first-order valence-corrected chi connectivity index (χ1v) is 8.24. The van der Waals surface area contributed by atoms with Crippen molar-refractivity contribution < 1.29 is 14.3 Å². The molecule has 1 atom stereocenters. The summed E-state index contributed by atoms with van der Waals surface area (Å²) >= 11 is 6.46. The molecule has 1 aliphatic rings. The molecule has 1 unspecified atom stereocenters. The van der Waals surface area contributed by atoms with E-state index in [-0.39, 0.29) is 11.9 Å². The van der Waals surface area contributed by atoms with Gasteiger partial charge in [-0.3, -0.25) is 4.79 Å². The highest BCUT2D eigenvalue weighted by Crippen LogP contribution is 2.20. The van der Waals surface area contributed by atoms with Crippen LogP contribution in [0.4, 0.5) is 11.9 Å². The molecule has 1 fully saturated rings. The largest absolute Gasteiger partial charge is 0.465 e. The number of ether oxygens (including phenoxy) is 2. The third-order valence-electron chi connectivity index (χ3n) is 2.98. The number of rotatable bonds is 4. The number of carbonyl (C=O) groups excluding carboxylic acids is 1. The molecule has 0 aromatic carbocycles. The van der Waals surface area contributed by atoms with Gasteiger partial charge in [0.25, 0.3) is 0 Å². The minimum Gasteiger partial charge on any atom is -0.465 e. The van der Waals surface area contributed by atoms with Crippen LogP contribution in [0.3, 0.4) is 0 Å². The summed E-state index contributed by atoms with van der Waals surface area (Å²) in [4.78, 5) is 17.9. The smallest absolute Gasteiger partial charge is 0.319 e. The maximum absolute atomic E-state index is 11.6. The predicted octanol–water partition coefficient (Wildman–Crippen LogP) is 0.515. The maximum Gasteiger partial charge on any atom is 0.319 e. The lowest BCUT2D eigenvalue weighted by atomic mass is 10.4. The van der Waals surface area contributed by atoms with E-state index in [0.29, 0.717) is 43.2 Å². The molecule has 10 heteroatoms. The van der Waals surface area contributed by atoms with Gasteiger partial charge in [-0.25, -0.2) is 0 Å². The van der Waals surface area contributed by atoms with Crippen molar-refractivity contribution in [2.24, 2.45) is 0 Å². The normalized spacial score (nSPS) is 16.4. The molecule has 1 aromatic rings. The zero-order chi connectivity index (χ0) is 16.1. The van der Waals surface area contributed by atoms with Gasteiger partial charge in [0.15, 0.2) is 4.32 Å². The lowest BCUT2D eigenvalue weighted by Gasteiger charge is -2.25. The van der Waals surface area contributed by atoms with E-state index in [4.69, 9.17) is 27.4 Å². The predicted molar refractivity (Wildman–Crippen MR) is 89.1 cm³/mol. The van der Waals surface area contributed by atoms with E-state index in [1.807, 2.05) is 4.90 Å². The number of hydrogen-bond donors (Lipinski definition) is 1. The molecule has 1 aliphatic heterocycles. The third-order valence-corrected chi connectivity index (χ3v) is 4.37. The number of thiocarbonyl (C=S) groups is 1. The van der Waals surface area contributed by atoms with Gasteiger partial charge in [0.1, 0.15) is 5.25 Å². The molecule has 8 nitrogen and oxygen atoms in total. The number of nitrogens with zero attached hydrogens (tertiary/aromatic N) is 4. The fourth-order valence-electron chi connectivity index (χ4n) is 1.85. The quantitative estimate of drug-likeness (QED) is 0.618. The van der Waals surface area contributed by atoms with Gasteiger partial charge < -0.3 is 20.1 Å². The second-order valence-corrected chi connectivity index (χ2v) is 6.53. The minimum absolute atomic E-state index is 0.204. The number of nitrogen functional groups attached to an aromatic ring is 1. The Morgan fingerprint density at radius 2 is 2.23 bits per heavy atom. The molecular formula is C12H19N5O3S2. The lowest BCUT2D eigenvalue weighted by molar-refractivity contribution is -0.142. The molecule has 0 radical (unpaired) electrons. The lowest BCUT2D eigenvalue weighted by Crippen LogP contribution is -2.37. The summed E-state index contributed by atoms with van der Waals surface area (Å²) in [7, 11) is 0. The van der Waals surface area contributed by atoms with Crippen LogP contribution in [0.5, 0.6) is 0 Å². The Morgan fingerprint density at radius 1 is 1.55 bits per heavy atom. The zero-order valence-electron chi connectivity index (χ0n) is 12.5. The van der Waals surface area contributed by atoms with Gasteiger partial charge in [-0.1, -0.05) is 24.0 Å². The molecule has 0 saturated carbocycles. The standard InChI is InChI=1S/C12H19N5O3S2/c1-3-20-9(18)8(2)22-12(21)17-10(13)14-11(15-17)16-4-6-19-7-5-16/h8H,3-7H2,1-2H3,(H2,13,14,15). The summed E-state index contributed by atoms with van der Waals surface area (Å²) in [5.74, 6) is 0.407. The molecule has 0 bridgehead atoms. The van der Waals surface area contributed by atoms with Crippen LogP contribution in [0.15, 0.2) is 0 Å². The van der Waals surface area contributed by atoms with Gasteiger partial charge in [0.2, 0.25) is 11.9 Å². The van der Waals surface area contributed by atoms with Gasteiger partial charge >= 0.3 is 5.97 Å². The molecule has 0 spiro atoms. The number of aromatic nitrogens is 3. The first kappa shape index (κ1) is 17.0. The molecule has 2 rings (SSSR count). The van der Waals surface area contributed by atoms with Crippen LogP contribution in [0.1, 0.15) is 13.8 Å². The Balaban J connectivity index is 2.03. The van der Waals surface area contributed by atoms with E-state index in [1.54, 1.807) is 13.8 Å². The van der Waals surface area contributed by atoms with Gasteiger partial charge in [0, 0.05) is 13.1 Å². The molecule has 2 N–H and O–H groups in total. The van der Waals surface area contributed by atoms with Crippen molar-refractivity contribution in [3.05, 3.63) is 0 Å². The fraction of sp³-hybridized carbons (Fsp3) is 0.667. The van der Waals surface area contributed by atoms with E-state index in [1.165, 1.54) is 16.4 Å². The monoisotopic (exact) mass is 345 g/mol. The van der Waals surface area contributed by atoms with Gasteiger partial charge in [-0.15, -0.1) is 5.10 Å². The number of esters is 1. The van der Waals surface area contributed by atoms with Crippen LogP contribution < -0.4 is 10.6 Å². The highest BCUT2D eigenvalue weighted by Gasteiger charge is 2.22. The van der Waals surface area contributed by atoms with E-state index >= 15 is 0 Å². The Hall–Kier alpha value is -1.39. The molecular weight excluding hydrogens is 326 g/mol. The van der Waals surface area contributed by atoms with Crippen molar-refractivity contribution >= 4 is 46.2 Å². The van der Waals surface area contributed by atoms with E-state index in [2.05, 4.69) is 10.1 Å². The minimum atomic E-state index is -0.428. The number of carbonyl (C=O) groups is 1. The number of thioether (sulfide) groups is 1. The third kappa shape index (κ3) is 4.08. The number of anilines is 2. The van der Waals surface area contributed by atoms with Crippen molar-refractivity contribution in [2.75, 3.05) is 43.5 Å². The highest BCUT2D eigenvalue weighted by atomic mass is 32.2. The molecule has 122 valence electrons. The van der Waals surface area contributed by atoms with Gasteiger partial charge in [-0.05, 0) is 13.8 Å². The topological polar surface area (TPSA) is 95.5 Å². The summed E-state index contributed by atoms with van der Waals surface area (Å²) < 4.78 is 12.0. The van der Waals surface area contributed by atoms with E-state index in [9.17, 15) is 4.79 Å². The average Bonchev–Trinajstić information content (AvgIpc) is 2.90. The summed E-state index contributed by atoms with van der Waals surface area (Å²) in [5.41, 5.74) is 5.87. The SMILES string of the molecule is CCOC(=O)C(C)SC(=S)n1nc(N2CCOCC2)nc1N. The summed E-state index contributed by atoms with van der Waals surface area (Å²) in [6.45, 7) is 6.51. The summed E-state index contributed by atoms with van der Waals surface area (Å²) in [6, 6.07) is 0. The van der Waals surface area contributed by atoms with Crippen LogP contribution in [0.25, 0.3) is 0 Å². The van der Waals surface area contributed by atoms with Crippen LogP contribution in [0.2, 0.25) is 0 Å². The van der Waals surface area contributed by atoms with Crippen molar-refractivity contribution in [3.8, 4) is 0 Å². The molecule has 0 aliphatic carbocycles. The van der Waals surface area contributed by atoms with Gasteiger partial charge in [-0.2, -0.15) is 9.67 Å². The van der Waals surface area contributed by atoms with Crippen molar-refractivity contribution in [3.63, 3.8) is 0 Å². The van der Waals surface area contributed by atoms with Crippen LogP contribution in [0, 0.1) is 0 Å². The first-order chi connectivity index (χ1) is 10.5. The Labute approximate surface area is 138 Å². The number of hydrogen-bond acceptors (Lipinski definition) is 9. The summed E-state index contributed by atoms with van der Waals surface area (Å²) in [6.07, 6.45) is 0. The molecule has 0 amide bonds. The molecule has 1 aromatic heterocycles. The average molecular weight is 345 g/mol. The molecule has 2 heterocycles. The molecule has 1 saturated heterocycles.